The zero-order valence-corrected chi connectivity index (χ0v) is 10.3. The molecular weight excluding hydrogens is 188 g/mol. The number of amides is 1. The van der Waals surface area contributed by atoms with E-state index in [-0.39, 0.29) is 5.91 Å². The molecule has 0 aliphatic heterocycles. The first kappa shape index (κ1) is 12.5. The Morgan fingerprint density at radius 3 is 2.47 bits per heavy atom. The summed E-state index contributed by atoms with van der Waals surface area (Å²) >= 11 is 0. The Bertz CT molecular complexity index is 198. The Labute approximate surface area is 93.2 Å². The zero-order chi connectivity index (χ0) is 11.3. The van der Waals surface area contributed by atoms with Crippen molar-refractivity contribution in [3.63, 3.8) is 0 Å². The lowest BCUT2D eigenvalue weighted by Gasteiger charge is -2.28. The third-order valence-electron chi connectivity index (χ3n) is 3.43. The number of hydrogen-bond acceptors (Lipinski definition) is 2. The highest BCUT2D eigenvalue weighted by Gasteiger charge is 2.20. The normalized spacial score (nSPS) is 19.9. The summed E-state index contributed by atoms with van der Waals surface area (Å²) < 4.78 is 0. The molecule has 0 radical (unpaired) electrons. The summed E-state index contributed by atoms with van der Waals surface area (Å²) in [5.41, 5.74) is 0. The van der Waals surface area contributed by atoms with Gasteiger partial charge in [-0.3, -0.25) is 4.79 Å². The predicted octanol–water partition coefficient (Wildman–Crippen LogP) is 1.63. The van der Waals surface area contributed by atoms with Crippen LogP contribution in [0.1, 0.15) is 39.0 Å². The third-order valence-corrected chi connectivity index (χ3v) is 3.43. The first-order valence-corrected chi connectivity index (χ1v) is 6.05. The molecule has 0 aromatic heterocycles. The molecular formula is C12H24N2O. The fourth-order valence-corrected chi connectivity index (χ4v) is 2.21. The van der Waals surface area contributed by atoms with Crippen molar-refractivity contribution < 1.29 is 4.79 Å². The van der Waals surface area contributed by atoms with Crippen LogP contribution in [0.4, 0.5) is 0 Å². The molecule has 1 rings (SSSR count). The summed E-state index contributed by atoms with van der Waals surface area (Å²) in [6.07, 6.45) is 6.76. The molecule has 0 saturated heterocycles. The average molecular weight is 212 g/mol. The van der Waals surface area contributed by atoms with E-state index >= 15 is 0 Å². The summed E-state index contributed by atoms with van der Waals surface area (Å²) in [5.74, 6) is 0.936. The van der Waals surface area contributed by atoms with Crippen molar-refractivity contribution in [2.75, 3.05) is 20.6 Å². The molecule has 1 fully saturated rings. The lowest BCUT2D eigenvalue weighted by Crippen LogP contribution is -2.41. The summed E-state index contributed by atoms with van der Waals surface area (Å²) in [5, 5.41) is 3.34. The van der Waals surface area contributed by atoms with Crippen molar-refractivity contribution in [2.45, 2.75) is 45.1 Å². The van der Waals surface area contributed by atoms with Gasteiger partial charge in [0.05, 0.1) is 6.54 Å². The average Bonchev–Trinajstić information content (AvgIpc) is 2.26. The number of nitrogens with one attached hydrogen (secondary N) is 1. The number of hydrogen-bond donors (Lipinski definition) is 1. The molecule has 1 aliphatic rings. The maximum absolute atomic E-state index is 11.4. The van der Waals surface area contributed by atoms with Crippen molar-refractivity contribution in [3.8, 4) is 0 Å². The molecule has 15 heavy (non-hydrogen) atoms. The largest absolute Gasteiger partial charge is 0.348 e. The lowest BCUT2D eigenvalue weighted by molar-refractivity contribution is -0.127. The van der Waals surface area contributed by atoms with Crippen LogP contribution in [0.3, 0.4) is 0 Å². The van der Waals surface area contributed by atoms with Crippen molar-refractivity contribution in [3.05, 3.63) is 0 Å². The van der Waals surface area contributed by atoms with Crippen molar-refractivity contribution >= 4 is 5.91 Å². The summed E-state index contributed by atoms with van der Waals surface area (Å²) in [4.78, 5) is 13.0. The number of rotatable bonds is 4. The lowest BCUT2D eigenvalue weighted by atomic mass is 9.84. The zero-order valence-electron chi connectivity index (χ0n) is 10.3. The topological polar surface area (TPSA) is 32.3 Å². The molecule has 88 valence electrons. The molecule has 3 nitrogen and oxygen atoms in total. The Morgan fingerprint density at radius 1 is 1.33 bits per heavy atom. The molecule has 1 N–H and O–H groups in total. The van der Waals surface area contributed by atoms with Gasteiger partial charge in [-0.05, 0) is 25.7 Å². The highest BCUT2D eigenvalue weighted by atomic mass is 16.2. The fourth-order valence-electron chi connectivity index (χ4n) is 2.21. The minimum Gasteiger partial charge on any atom is -0.348 e. The van der Waals surface area contributed by atoms with Crippen molar-refractivity contribution in [2.24, 2.45) is 5.92 Å². The molecule has 0 bridgehead atoms. The second-order valence-corrected chi connectivity index (χ2v) is 4.86. The standard InChI is InChI=1S/C12H24N2O/c1-10(11-7-5-4-6-8-11)13-9-12(15)14(2)3/h10-11,13H,4-9H2,1-3H3/t10-/m0/s1. The number of carbonyl (C=O) groups excluding carboxylic acids is 1. The quantitative estimate of drug-likeness (QED) is 0.768. The molecule has 1 atom stereocenters. The van der Waals surface area contributed by atoms with Crippen LogP contribution < -0.4 is 5.32 Å². The summed E-state index contributed by atoms with van der Waals surface area (Å²) in [6, 6.07) is 0.481. The maximum Gasteiger partial charge on any atom is 0.236 e. The minimum absolute atomic E-state index is 0.164. The molecule has 1 amide bonds. The first-order chi connectivity index (χ1) is 7.11. The molecule has 0 unspecified atom stereocenters. The van der Waals surface area contributed by atoms with Crippen LogP contribution >= 0.6 is 0 Å². The maximum atomic E-state index is 11.4. The Kier molecular flexibility index (Phi) is 5.09. The van der Waals surface area contributed by atoms with Crippen LogP contribution in [0.15, 0.2) is 0 Å². The van der Waals surface area contributed by atoms with E-state index < -0.39 is 0 Å². The van der Waals surface area contributed by atoms with E-state index in [1.165, 1.54) is 32.1 Å². The monoisotopic (exact) mass is 212 g/mol. The van der Waals surface area contributed by atoms with E-state index in [0.29, 0.717) is 12.6 Å². The van der Waals surface area contributed by atoms with Crippen LogP contribution in [-0.2, 0) is 4.79 Å². The molecule has 0 aromatic carbocycles. The Balaban J connectivity index is 2.22. The smallest absolute Gasteiger partial charge is 0.236 e. The summed E-state index contributed by atoms with van der Waals surface area (Å²) in [6.45, 7) is 2.68. The number of likely N-dealkylation sites (N-methyl/N-ethyl adjacent to an activating group) is 1. The van der Waals surface area contributed by atoms with Gasteiger partial charge in [-0.15, -0.1) is 0 Å². The summed E-state index contributed by atoms with van der Waals surface area (Å²) in [7, 11) is 3.60. The van der Waals surface area contributed by atoms with Crippen LogP contribution in [0.25, 0.3) is 0 Å². The van der Waals surface area contributed by atoms with Gasteiger partial charge in [0.2, 0.25) is 5.91 Å². The molecule has 1 saturated carbocycles. The second-order valence-electron chi connectivity index (χ2n) is 4.86. The first-order valence-electron chi connectivity index (χ1n) is 6.05. The molecule has 0 heterocycles. The van der Waals surface area contributed by atoms with E-state index in [0.717, 1.165) is 5.92 Å². The van der Waals surface area contributed by atoms with E-state index in [1.54, 1.807) is 19.0 Å². The SMILES string of the molecule is C[C@H](NCC(=O)N(C)C)C1CCCCC1. The second kappa shape index (κ2) is 6.11. The third kappa shape index (κ3) is 4.20. The van der Waals surface area contributed by atoms with Crippen molar-refractivity contribution in [1.82, 2.24) is 10.2 Å². The highest BCUT2D eigenvalue weighted by Crippen LogP contribution is 2.26. The van der Waals surface area contributed by atoms with Crippen LogP contribution in [0.2, 0.25) is 0 Å². The van der Waals surface area contributed by atoms with E-state index in [1.807, 2.05) is 0 Å². The molecule has 0 spiro atoms. The van der Waals surface area contributed by atoms with Crippen LogP contribution in [-0.4, -0.2) is 37.5 Å². The number of carbonyl (C=O) groups is 1. The van der Waals surface area contributed by atoms with Crippen molar-refractivity contribution in [1.29, 1.82) is 0 Å². The van der Waals surface area contributed by atoms with Gasteiger partial charge < -0.3 is 10.2 Å². The Morgan fingerprint density at radius 2 is 1.93 bits per heavy atom. The van der Waals surface area contributed by atoms with E-state index in [4.69, 9.17) is 0 Å². The van der Waals surface area contributed by atoms with Gasteiger partial charge in [-0.25, -0.2) is 0 Å². The predicted molar refractivity (Wildman–Crippen MR) is 62.7 cm³/mol. The van der Waals surface area contributed by atoms with Crippen LogP contribution in [0, 0.1) is 5.92 Å². The van der Waals surface area contributed by atoms with Gasteiger partial charge in [0.1, 0.15) is 0 Å². The van der Waals surface area contributed by atoms with Crippen LogP contribution in [0.5, 0.6) is 0 Å². The molecule has 1 aliphatic carbocycles. The van der Waals surface area contributed by atoms with E-state index in [2.05, 4.69) is 12.2 Å². The highest BCUT2D eigenvalue weighted by molar-refractivity contribution is 5.77. The van der Waals surface area contributed by atoms with Gasteiger partial charge in [0, 0.05) is 20.1 Å². The van der Waals surface area contributed by atoms with Gasteiger partial charge in [-0.1, -0.05) is 19.3 Å². The van der Waals surface area contributed by atoms with Gasteiger partial charge in [0.25, 0.3) is 0 Å². The Hall–Kier alpha value is -0.570. The van der Waals surface area contributed by atoms with Gasteiger partial charge in [-0.2, -0.15) is 0 Å². The molecule has 0 aromatic rings. The number of nitrogens with zero attached hydrogens (tertiary/aromatic N) is 1. The van der Waals surface area contributed by atoms with Gasteiger partial charge >= 0.3 is 0 Å². The molecule has 3 heteroatoms. The van der Waals surface area contributed by atoms with E-state index in [9.17, 15) is 4.79 Å². The fraction of sp³-hybridized carbons (Fsp3) is 0.917. The minimum atomic E-state index is 0.164. The van der Waals surface area contributed by atoms with Gasteiger partial charge in [0.15, 0.2) is 0 Å².